The van der Waals surface area contributed by atoms with Crippen LogP contribution in [0.1, 0.15) is 27.9 Å². The van der Waals surface area contributed by atoms with E-state index in [1.807, 2.05) is 17.9 Å². The van der Waals surface area contributed by atoms with E-state index in [0.29, 0.717) is 12.1 Å². The molecule has 126 valence electrons. The largest absolute Gasteiger partial charge is 0.337 e. The lowest BCUT2D eigenvalue weighted by Crippen LogP contribution is -2.35. The predicted molar refractivity (Wildman–Crippen MR) is 91.2 cm³/mol. The fourth-order valence-electron chi connectivity index (χ4n) is 3.09. The number of aryl methyl sites for hydroxylation is 1. The summed E-state index contributed by atoms with van der Waals surface area (Å²) < 4.78 is 13.2. The molecule has 0 bridgehead atoms. The van der Waals surface area contributed by atoms with Crippen LogP contribution in [-0.4, -0.2) is 46.9 Å². The highest BCUT2D eigenvalue weighted by Gasteiger charge is 2.20. The van der Waals surface area contributed by atoms with E-state index in [4.69, 9.17) is 0 Å². The number of amides is 1. The fraction of sp³-hybridized carbons (Fsp3) is 0.368. The van der Waals surface area contributed by atoms with Gasteiger partial charge in [-0.15, -0.1) is 0 Å². The second-order valence-electron chi connectivity index (χ2n) is 6.23. The molecule has 0 atom stereocenters. The van der Waals surface area contributed by atoms with E-state index in [1.54, 1.807) is 30.6 Å². The molecular weight excluding hydrogens is 305 g/mol. The predicted octanol–water partition coefficient (Wildman–Crippen LogP) is 2.88. The van der Waals surface area contributed by atoms with E-state index >= 15 is 0 Å². The van der Waals surface area contributed by atoms with Gasteiger partial charge in [-0.05, 0) is 48.7 Å². The molecule has 5 heteroatoms. The molecule has 1 aliphatic heterocycles. The van der Waals surface area contributed by atoms with Gasteiger partial charge in [0.2, 0.25) is 0 Å². The first kappa shape index (κ1) is 16.6. The van der Waals surface area contributed by atoms with Crippen molar-refractivity contribution in [3.05, 3.63) is 65.2 Å². The molecule has 24 heavy (non-hydrogen) atoms. The van der Waals surface area contributed by atoms with Gasteiger partial charge in [-0.2, -0.15) is 0 Å². The third-order valence-electron chi connectivity index (χ3n) is 4.50. The summed E-state index contributed by atoms with van der Waals surface area (Å²) in [6.07, 6.45) is 4.24. The molecule has 1 aromatic heterocycles. The molecule has 1 aromatic carbocycles. The average molecular weight is 327 g/mol. The second-order valence-corrected chi connectivity index (χ2v) is 6.23. The molecule has 4 nitrogen and oxygen atoms in total. The van der Waals surface area contributed by atoms with Crippen LogP contribution in [0.15, 0.2) is 42.7 Å². The number of pyridine rings is 1. The van der Waals surface area contributed by atoms with Gasteiger partial charge in [0.15, 0.2) is 0 Å². The molecule has 1 fully saturated rings. The lowest BCUT2D eigenvalue weighted by molar-refractivity contribution is 0.0761. The SMILES string of the molecule is Cc1cc(F)ccc1CN1CCCN(C(=O)c2ccncc2)CC1. The highest BCUT2D eigenvalue weighted by Crippen LogP contribution is 2.15. The Labute approximate surface area is 141 Å². The topological polar surface area (TPSA) is 36.4 Å². The number of carbonyl (C=O) groups excluding carboxylic acids is 1. The molecule has 2 aromatic rings. The van der Waals surface area contributed by atoms with Crippen molar-refractivity contribution in [2.75, 3.05) is 26.2 Å². The van der Waals surface area contributed by atoms with Gasteiger partial charge < -0.3 is 4.90 Å². The van der Waals surface area contributed by atoms with Gasteiger partial charge in [-0.3, -0.25) is 14.7 Å². The third-order valence-corrected chi connectivity index (χ3v) is 4.50. The van der Waals surface area contributed by atoms with E-state index in [0.717, 1.165) is 43.7 Å². The first-order valence-corrected chi connectivity index (χ1v) is 8.30. The summed E-state index contributed by atoms with van der Waals surface area (Å²) in [7, 11) is 0. The molecule has 1 amide bonds. The Bertz CT molecular complexity index is 705. The normalized spacial score (nSPS) is 16.0. The molecule has 0 spiro atoms. The van der Waals surface area contributed by atoms with Gasteiger partial charge >= 0.3 is 0 Å². The molecule has 0 saturated carbocycles. The second kappa shape index (κ2) is 7.53. The Morgan fingerprint density at radius 3 is 2.67 bits per heavy atom. The first-order valence-electron chi connectivity index (χ1n) is 8.30. The number of nitrogens with zero attached hydrogens (tertiary/aromatic N) is 3. The van der Waals surface area contributed by atoms with Crippen molar-refractivity contribution >= 4 is 5.91 Å². The van der Waals surface area contributed by atoms with Crippen LogP contribution in [-0.2, 0) is 6.54 Å². The molecule has 1 aliphatic rings. The zero-order chi connectivity index (χ0) is 16.9. The molecule has 0 radical (unpaired) electrons. The minimum absolute atomic E-state index is 0.0669. The zero-order valence-corrected chi connectivity index (χ0v) is 13.9. The van der Waals surface area contributed by atoms with Gasteiger partial charge in [0, 0.05) is 50.7 Å². The molecule has 0 aliphatic carbocycles. The van der Waals surface area contributed by atoms with Crippen molar-refractivity contribution in [2.24, 2.45) is 0 Å². The van der Waals surface area contributed by atoms with Gasteiger partial charge in [-0.1, -0.05) is 6.07 Å². The number of aromatic nitrogens is 1. The van der Waals surface area contributed by atoms with Crippen molar-refractivity contribution in [3.8, 4) is 0 Å². The maximum Gasteiger partial charge on any atom is 0.254 e. The van der Waals surface area contributed by atoms with Gasteiger partial charge in [0.25, 0.3) is 5.91 Å². The number of rotatable bonds is 3. The maximum atomic E-state index is 13.2. The Hall–Kier alpha value is -2.27. The molecule has 0 N–H and O–H groups in total. The number of hydrogen-bond donors (Lipinski definition) is 0. The summed E-state index contributed by atoms with van der Waals surface area (Å²) in [6, 6.07) is 8.46. The van der Waals surface area contributed by atoms with Gasteiger partial charge in [-0.25, -0.2) is 4.39 Å². The van der Waals surface area contributed by atoms with Gasteiger partial charge in [0.05, 0.1) is 0 Å². The molecule has 2 heterocycles. The van der Waals surface area contributed by atoms with Crippen LogP contribution in [0.5, 0.6) is 0 Å². The third kappa shape index (κ3) is 3.97. The summed E-state index contributed by atoms with van der Waals surface area (Å²) in [5.74, 6) is -0.126. The minimum Gasteiger partial charge on any atom is -0.337 e. The fourth-order valence-corrected chi connectivity index (χ4v) is 3.09. The number of benzene rings is 1. The van der Waals surface area contributed by atoms with Crippen molar-refractivity contribution in [3.63, 3.8) is 0 Å². The monoisotopic (exact) mass is 327 g/mol. The Morgan fingerprint density at radius 1 is 1.12 bits per heavy atom. The lowest BCUT2D eigenvalue weighted by Gasteiger charge is -2.22. The molecular formula is C19H22FN3O. The number of carbonyl (C=O) groups is 1. The van der Waals surface area contributed by atoms with Crippen molar-refractivity contribution in [1.82, 2.24) is 14.8 Å². The summed E-state index contributed by atoms with van der Waals surface area (Å²) in [5.41, 5.74) is 2.81. The van der Waals surface area contributed by atoms with E-state index in [2.05, 4.69) is 9.88 Å². The average Bonchev–Trinajstić information content (AvgIpc) is 2.83. The Kier molecular flexibility index (Phi) is 5.20. The summed E-state index contributed by atoms with van der Waals surface area (Å²) in [6.45, 7) is 5.98. The van der Waals surface area contributed by atoms with E-state index < -0.39 is 0 Å². The Morgan fingerprint density at radius 2 is 1.92 bits per heavy atom. The maximum absolute atomic E-state index is 13.2. The van der Waals surface area contributed by atoms with E-state index in [-0.39, 0.29) is 11.7 Å². The van der Waals surface area contributed by atoms with Crippen molar-refractivity contribution in [1.29, 1.82) is 0 Å². The first-order chi connectivity index (χ1) is 11.6. The Balaban J connectivity index is 1.62. The number of hydrogen-bond acceptors (Lipinski definition) is 3. The lowest BCUT2D eigenvalue weighted by atomic mass is 10.1. The molecule has 0 unspecified atom stereocenters. The number of halogens is 1. The van der Waals surface area contributed by atoms with Crippen LogP contribution >= 0.6 is 0 Å². The zero-order valence-electron chi connectivity index (χ0n) is 13.9. The van der Waals surface area contributed by atoms with Crippen molar-refractivity contribution < 1.29 is 9.18 Å². The van der Waals surface area contributed by atoms with Crippen molar-refractivity contribution in [2.45, 2.75) is 19.9 Å². The van der Waals surface area contributed by atoms with Crippen LogP contribution in [0.3, 0.4) is 0 Å². The van der Waals surface area contributed by atoms with Crippen LogP contribution in [0.4, 0.5) is 4.39 Å². The molecule has 3 rings (SSSR count). The van der Waals surface area contributed by atoms with Gasteiger partial charge in [0.1, 0.15) is 5.82 Å². The standard InChI is InChI=1S/C19H22FN3O/c1-15-13-18(20)4-3-17(15)14-22-9-2-10-23(12-11-22)19(24)16-5-7-21-8-6-16/h3-8,13H,2,9-12,14H2,1H3. The minimum atomic E-state index is -0.193. The highest BCUT2D eigenvalue weighted by atomic mass is 19.1. The van der Waals surface area contributed by atoms with Crippen LogP contribution in [0.25, 0.3) is 0 Å². The van der Waals surface area contributed by atoms with E-state index in [9.17, 15) is 9.18 Å². The summed E-state index contributed by atoms with van der Waals surface area (Å²) in [5, 5.41) is 0. The highest BCUT2D eigenvalue weighted by molar-refractivity contribution is 5.94. The van der Waals surface area contributed by atoms with Crippen LogP contribution in [0, 0.1) is 12.7 Å². The van der Waals surface area contributed by atoms with E-state index in [1.165, 1.54) is 6.07 Å². The van der Waals surface area contributed by atoms with Crippen LogP contribution in [0.2, 0.25) is 0 Å². The summed E-state index contributed by atoms with van der Waals surface area (Å²) in [4.78, 5) is 20.7. The smallest absolute Gasteiger partial charge is 0.254 e. The summed E-state index contributed by atoms with van der Waals surface area (Å²) >= 11 is 0. The van der Waals surface area contributed by atoms with Crippen LogP contribution < -0.4 is 0 Å². The quantitative estimate of drug-likeness (QED) is 0.870. The molecule has 1 saturated heterocycles.